The molecule has 1 aliphatic rings. The van der Waals surface area contributed by atoms with Crippen LogP contribution in [0.4, 0.5) is 5.82 Å². The number of para-hydroxylation sites is 2. The number of likely N-dealkylation sites (tertiary alicyclic amines) is 1. The van der Waals surface area contributed by atoms with Gasteiger partial charge in [0.05, 0.1) is 18.1 Å². The van der Waals surface area contributed by atoms with Crippen LogP contribution in [0, 0.1) is 0 Å². The Kier molecular flexibility index (Phi) is 7.47. The van der Waals surface area contributed by atoms with E-state index in [9.17, 15) is 0 Å². The summed E-state index contributed by atoms with van der Waals surface area (Å²) in [5, 5.41) is 4.48. The molecule has 30 heavy (non-hydrogen) atoms. The maximum Gasteiger partial charge on any atom is 0.159 e. The van der Waals surface area contributed by atoms with Gasteiger partial charge in [-0.15, -0.1) is 0 Å². The van der Waals surface area contributed by atoms with E-state index in [1.807, 2.05) is 36.4 Å². The van der Waals surface area contributed by atoms with Crippen molar-refractivity contribution < 1.29 is 4.74 Å². The lowest BCUT2D eigenvalue weighted by Crippen LogP contribution is -2.33. The average molecular weight is 487 g/mol. The predicted octanol–water partition coefficient (Wildman–Crippen LogP) is 5.59. The third kappa shape index (κ3) is 5.45. The van der Waals surface area contributed by atoms with Crippen molar-refractivity contribution >= 4 is 44.5 Å². The van der Waals surface area contributed by atoms with E-state index in [0.29, 0.717) is 0 Å². The highest BCUT2D eigenvalue weighted by atomic mass is 79.9. The molecule has 3 aromatic rings. The van der Waals surface area contributed by atoms with Gasteiger partial charge in [-0.05, 0) is 56.3 Å². The monoisotopic (exact) mass is 486 g/mol. The molecule has 1 fully saturated rings. The van der Waals surface area contributed by atoms with Crippen LogP contribution in [0.3, 0.4) is 0 Å². The third-order valence-electron chi connectivity index (χ3n) is 5.31. The van der Waals surface area contributed by atoms with E-state index < -0.39 is 0 Å². The van der Waals surface area contributed by atoms with E-state index in [2.05, 4.69) is 32.2 Å². The number of hydrogen-bond donors (Lipinski definition) is 1. The molecule has 0 aliphatic carbocycles. The molecule has 7 heteroatoms. The molecule has 2 heterocycles. The number of rotatable bonds is 8. The van der Waals surface area contributed by atoms with E-state index in [4.69, 9.17) is 14.7 Å². The zero-order valence-corrected chi connectivity index (χ0v) is 19.6. The Morgan fingerprint density at radius 3 is 2.60 bits per heavy atom. The molecule has 5 nitrogen and oxygen atoms in total. The topological polar surface area (TPSA) is 50.3 Å². The van der Waals surface area contributed by atoms with Crippen molar-refractivity contribution in [2.75, 3.05) is 38.6 Å². The number of nitrogens with one attached hydrogen (secondary N) is 1. The second kappa shape index (κ2) is 10.5. The number of nitrogens with zero attached hydrogens (tertiary/aromatic N) is 3. The Labute approximate surface area is 190 Å². The summed E-state index contributed by atoms with van der Waals surface area (Å²) in [4.78, 5) is 12.3. The van der Waals surface area contributed by atoms with Crippen molar-refractivity contribution in [2.24, 2.45) is 0 Å². The van der Waals surface area contributed by atoms with Gasteiger partial charge in [0, 0.05) is 28.9 Å². The smallest absolute Gasteiger partial charge is 0.159 e. The molecule has 0 amide bonds. The number of aromatic nitrogens is 2. The van der Waals surface area contributed by atoms with Crippen LogP contribution in [-0.2, 0) is 5.75 Å². The molecule has 0 unspecified atom stereocenters. The van der Waals surface area contributed by atoms with Gasteiger partial charge in [0.25, 0.3) is 0 Å². The summed E-state index contributed by atoms with van der Waals surface area (Å²) in [7, 11) is 1.71. The van der Waals surface area contributed by atoms with E-state index in [1.54, 1.807) is 18.9 Å². The van der Waals surface area contributed by atoms with Gasteiger partial charge in [-0.3, -0.25) is 0 Å². The molecule has 0 bridgehead atoms. The van der Waals surface area contributed by atoms with Crippen molar-refractivity contribution in [1.82, 2.24) is 14.9 Å². The summed E-state index contributed by atoms with van der Waals surface area (Å²) in [6.45, 7) is 4.32. The lowest BCUT2D eigenvalue weighted by atomic mass is 10.1. The summed E-state index contributed by atoms with van der Waals surface area (Å²) in [5.41, 5.74) is 2.97. The zero-order valence-electron chi connectivity index (χ0n) is 17.2. The Hall–Kier alpha value is -1.83. The highest BCUT2D eigenvalue weighted by Crippen LogP contribution is 2.33. The van der Waals surface area contributed by atoms with Gasteiger partial charge in [-0.1, -0.05) is 46.2 Å². The SMILES string of the molecule is COc1ccc(Br)cc1CSc1nc2ccccc2nc1NCCN1CCCCC1. The third-order valence-corrected chi connectivity index (χ3v) is 6.82. The van der Waals surface area contributed by atoms with Crippen LogP contribution in [0.2, 0.25) is 0 Å². The van der Waals surface area contributed by atoms with Crippen LogP contribution in [0.15, 0.2) is 52.0 Å². The van der Waals surface area contributed by atoms with E-state index in [0.717, 1.165) is 56.5 Å². The van der Waals surface area contributed by atoms with Gasteiger partial charge in [0.15, 0.2) is 5.82 Å². The fraction of sp³-hybridized carbons (Fsp3) is 0.391. The molecule has 0 spiro atoms. The Morgan fingerprint density at radius 2 is 1.83 bits per heavy atom. The summed E-state index contributed by atoms with van der Waals surface area (Å²) in [6.07, 6.45) is 3.98. The Balaban J connectivity index is 1.51. The van der Waals surface area contributed by atoms with Crippen LogP contribution >= 0.6 is 27.7 Å². The fourth-order valence-electron chi connectivity index (χ4n) is 3.72. The first kappa shape index (κ1) is 21.4. The molecular weight excluding hydrogens is 460 g/mol. The van der Waals surface area contributed by atoms with Crippen molar-refractivity contribution in [1.29, 1.82) is 0 Å². The summed E-state index contributed by atoms with van der Waals surface area (Å²) >= 11 is 5.25. The minimum atomic E-state index is 0.760. The molecule has 158 valence electrons. The number of benzene rings is 2. The van der Waals surface area contributed by atoms with Crippen LogP contribution in [0.1, 0.15) is 24.8 Å². The van der Waals surface area contributed by atoms with Gasteiger partial charge < -0.3 is 15.0 Å². The Morgan fingerprint density at radius 1 is 1.07 bits per heavy atom. The summed E-state index contributed by atoms with van der Waals surface area (Å²) in [6, 6.07) is 14.1. The molecule has 2 aromatic carbocycles. The van der Waals surface area contributed by atoms with Crippen LogP contribution < -0.4 is 10.1 Å². The number of fused-ring (bicyclic) bond motifs is 1. The van der Waals surface area contributed by atoms with Gasteiger partial charge in [0.2, 0.25) is 0 Å². The van der Waals surface area contributed by atoms with E-state index in [-0.39, 0.29) is 0 Å². The maximum atomic E-state index is 5.53. The van der Waals surface area contributed by atoms with Crippen molar-refractivity contribution in [3.8, 4) is 5.75 Å². The summed E-state index contributed by atoms with van der Waals surface area (Å²) in [5.74, 6) is 2.51. The fourth-order valence-corrected chi connectivity index (χ4v) is 5.06. The molecular formula is C23H27BrN4OS. The van der Waals surface area contributed by atoms with Crippen molar-refractivity contribution in [2.45, 2.75) is 30.0 Å². The number of halogens is 1. The molecule has 1 aromatic heterocycles. The minimum Gasteiger partial charge on any atom is -0.496 e. The van der Waals surface area contributed by atoms with Gasteiger partial charge in [-0.25, -0.2) is 9.97 Å². The number of methoxy groups -OCH3 is 1. The highest BCUT2D eigenvalue weighted by Gasteiger charge is 2.13. The Bertz CT molecular complexity index is 994. The largest absolute Gasteiger partial charge is 0.496 e. The molecule has 0 atom stereocenters. The number of thioether (sulfide) groups is 1. The van der Waals surface area contributed by atoms with Gasteiger partial charge in [0.1, 0.15) is 10.8 Å². The van der Waals surface area contributed by atoms with Crippen molar-refractivity contribution in [3.05, 3.63) is 52.5 Å². The highest BCUT2D eigenvalue weighted by molar-refractivity contribution is 9.10. The first-order valence-corrected chi connectivity index (χ1v) is 12.2. The summed E-state index contributed by atoms with van der Waals surface area (Å²) < 4.78 is 6.57. The van der Waals surface area contributed by atoms with Crippen LogP contribution in [0.5, 0.6) is 5.75 Å². The molecule has 1 N–H and O–H groups in total. The molecule has 1 saturated heterocycles. The van der Waals surface area contributed by atoms with Crippen molar-refractivity contribution in [3.63, 3.8) is 0 Å². The maximum absolute atomic E-state index is 5.53. The molecule has 4 rings (SSSR count). The predicted molar refractivity (Wildman–Crippen MR) is 129 cm³/mol. The number of piperidine rings is 1. The minimum absolute atomic E-state index is 0.760. The number of anilines is 1. The first-order chi connectivity index (χ1) is 14.7. The molecule has 1 aliphatic heterocycles. The van der Waals surface area contributed by atoms with Crippen LogP contribution in [-0.4, -0.2) is 48.2 Å². The number of hydrogen-bond acceptors (Lipinski definition) is 6. The first-order valence-electron chi connectivity index (χ1n) is 10.4. The zero-order chi connectivity index (χ0) is 20.8. The molecule has 0 saturated carbocycles. The lowest BCUT2D eigenvalue weighted by Gasteiger charge is -2.26. The lowest BCUT2D eigenvalue weighted by molar-refractivity contribution is 0.237. The quantitative estimate of drug-likeness (QED) is 0.418. The van der Waals surface area contributed by atoms with Crippen LogP contribution in [0.25, 0.3) is 11.0 Å². The standard InChI is InChI=1S/C23H27BrN4OS/c1-29-21-10-9-18(24)15-17(21)16-30-23-22(25-11-14-28-12-5-2-6-13-28)26-19-7-3-4-8-20(19)27-23/h3-4,7-10,15H,2,5-6,11-14,16H2,1H3,(H,25,26). The van der Waals surface area contributed by atoms with Gasteiger partial charge in [-0.2, -0.15) is 0 Å². The number of ether oxygens (including phenoxy) is 1. The van der Waals surface area contributed by atoms with E-state index in [1.165, 1.54) is 32.4 Å². The normalized spacial score (nSPS) is 14.7. The second-order valence-corrected chi connectivity index (χ2v) is 9.32. The van der Waals surface area contributed by atoms with E-state index >= 15 is 0 Å². The second-order valence-electron chi connectivity index (χ2n) is 7.44. The van der Waals surface area contributed by atoms with Gasteiger partial charge >= 0.3 is 0 Å². The molecule has 0 radical (unpaired) electrons. The average Bonchev–Trinajstić information content (AvgIpc) is 2.78.